The molecule has 1 amide bonds. The number of ether oxygens (including phenoxy) is 1. The van der Waals surface area contributed by atoms with Crippen LogP contribution in [-0.2, 0) is 4.79 Å². The van der Waals surface area contributed by atoms with Gasteiger partial charge in [0.1, 0.15) is 5.75 Å². The van der Waals surface area contributed by atoms with Crippen molar-refractivity contribution >= 4 is 11.6 Å². The lowest BCUT2D eigenvalue weighted by atomic mass is 9.83. The molecule has 0 heterocycles. The quantitative estimate of drug-likeness (QED) is 0.809. The lowest BCUT2D eigenvalue weighted by Crippen LogP contribution is -2.32. The second-order valence-corrected chi connectivity index (χ2v) is 5.76. The Morgan fingerprint density at radius 2 is 2.10 bits per heavy atom. The Hall–Kier alpha value is -1.71. The van der Waals surface area contributed by atoms with Crippen molar-refractivity contribution in [2.75, 3.05) is 11.9 Å². The Kier molecular flexibility index (Phi) is 5.90. The third-order valence-electron chi connectivity index (χ3n) is 4.27. The van der Waals surface area contributed by atoms with Crippen LogP contribution in [0.15, 0.2) is 24.3 Å². The van der Waals surface area contributed by atoms with E-state index in [0.717, 1.165) is 17.4 Å². The topological polar surface area (TPSA) is 64.3 Å². The average Bonchev–Trinajstić information content (AvgIpc) is 2.49. The van der Waals surface area contributed by atoms with E-state index in [9.17, 15) is 4.79 Å². The molecule has 1 aliphatic carbocycles. The zero-order chi connectivity index (χ0) is 15.1. The first kappa shape index (κ1) is 15.7. The van der Waals surface area contributed by atoms with Crippen LogP contribution >= 0.6 is 0 Å². The SMILES string of the molecule is CCC1CCCCC1Nc1ccccc1OCCC(N)=O. The maximum atomic E-state index is 10.8. The summed E-state index contributed by atoms with van der Waals surface area (Å²) in [4.78, 5) is 10.8. The molecule has 0 aliphatic heterocycles. The van der Waals surface area contributed by atoms with Gasteiger partial charge in [-0.3, -0.25) is 4.79 Å². The molecule has 4 nitrogen and oxygen atoms in total. The third-order valence-corrected chi connectivity index (χ3v) is 4.27. The maximum Gasteiger partial charge on any atom is 0.220 e. The van der Waals surface area contributed by atoms with Crippen molar-refractivity contribution in [3.63, 3.8) is 0 Å². The predicted molar refractivity (Wildman–Crippen MR) is 85.4 cm³/mol. The molecule has 1 aromatic carbocycles. The van der Waals surface area contributed by atoms with Crippen LogP contribution in [0.1, 0.15) is 45.4 Å². The number of primary amides is 1. The normalized spacial score (nSPS) is 21.8. The zero-order valence-corrected chi connectivity index (χ0v) is 12.8. The molecule has 4 heteroatoms. The van der Waals surface area contributed by atoms with Gasteiger partial charge < -0.3 is 15.8 Å². The number of nitrogens with two attached hydrogens (primary N) is 1. The fourth-order valence-corrected chi connectivity index (χ4v) is 3.06. The van der Waals surface area contributed by atoms with Crippen molar-refractivity contribution in [2.45, 2.75) is 51.5 Å². The van der Waals surface area contributed by atoms with Gasteiger partial charge in [0.25, 0.3) is 0 Å². The molecule has 2 unspecified atom stereocenters. The molecule has 0 saturated heterocycles. The molecular formula is C17H26N2O2. The lowest BCUT2D eigenvalue weighted by molar-refractivity contribution is -0.118. The number of carbonyl (C=O) groups excluding carboxylic acids is 1. The van der Waals surface area contributed by atoms with Gasteiger partial charge >= 0.3 is 0 Å². The number of carbonyl (C=O) groups is 1. The second-order valence-electron chi connectivity index (χ2n) is 5.76. The van der Waals surface area contributed by atoms with Crippen molar-refractivity contribution < 1.29 is 9.53 Å². The van der Waals surface area contributed by atoms with Crippen LogP contribution < -0.4 is 15.8 Å². The van der Waals surface area contributed by atoms with Crippen molar-refractivity contribution in [3.8, 4) is 5.75 Å². The highest BCUT2D eigenvalue weighted by Gasteiger charge is 2.24. The molecule has 0 aromatic heterocycles. The molecule has 0 radical (unpaired) electrons. The molecule has 116 valence electrons. The van der Waals surface area contributed by atoms with E-state index in [1.165, 1.54) is 32.1 Å². The Balaban J connectivity index is 1.99. The van der Waals surface area contributed by atoms with Crippen LogP contribution in [0.3, 0.4) is 0 Å². The van der Waals surface area contributed by atoms with Crippen molar-refractivity contribution in [3.05, 3.63) is 24.3 Å². The Labute approximate surface area is 127 Å². The fraction of sp³-hybridized carbons (Fsp3) is 0.588. The Morgan fingerprint density at radius 1 is 1.33 bits per heavy atom. The van der Waals surface area contributed by atoms with E-state index in [1.54, 1.807) is 0 Å². The van der Waals surface area contributed by atoms with Gasteiger partial charge in [0, 0.05) is 6.04 Å². The number of hydrogen-bond donors (Lipinski definition) is 2. The highest BCUT2D eigenvalue weighted by atomic mass is 16.5. The number of hydrogen-bond acceptors (Lipinski definition) is 3. The van der Waals surface area contributed by atoms with E-state index in [4.69, 9.17) is 10.5 Å². The first-order valence-corrected chi connectivity index (χ1v) is 7.97. The number of anilines is 1. The summed E-state index contributed by atoms with van der Waals surface area (Å²) in [6.45, 7) is 2.59. The minimum Gasteiger partial charge on any atom is -0.491 e. The molecule has 0 bridgehead atoms. The summed E-state index contributed by atoms with van der Waals surface area (Å²) in [6, 6.07) is 8.45. The van der Waals surface area contributed by atoms with E-state index >= 15 is 0 Å². The Morgan fingerprint density at radius 3 is 2.86 bits per heavy atom. The van der Waals surface area contributed by atoms with Crippen LogP contribution in [-0.4, -0.2) is 18.6 Å². The molecule has 3 N–H and O–H groups in total. The number of rotatable bonds is 7. The molecule has 1 aliphatic rings. The predicted octanol–water partition coefficient (Wildman–Crippen LogP) is 3.32. The average molecular weight is 290 g/mol. The summed E-state index contributed by atoms with van der Waals surface area (Å²) >= 11 is 0. The molecule has 1 aromatic rings. The summed E-state index contributed by atoms with van der Waals surface area (Å²) in [5, 5.41) is 3.65. The molecule has 0 spiro atoms. The number of amides is 1. The van der Waals surface area contributed by atoms with Crippen LogP contribution in [0.4, 0.5) is 5.69 Å². The van der Waals surface area contributed by atoms with E-state index in [0.29, 0.717) is 12.6 Å². The number of benzene rings is 1. The smallest absolute Gasteiger partial charge is 0.220 e. The van der Waals surface area contributed by atoms with E-state index < -0.39 is 0 Å². The van der Waals surface area contributed by atoms with Gasteiger partial charge in [-0.15, -0.1) is 0 Å². The summed E-state index contributed by atoms with van der Waals surface area (Å²) in [7, 11) is 0. The van der Waals surface area contributed by atoms with Crippen molar-refractivity contribution in [1.29, 1.82) is 0 Å². The minimum absolute atomic E-state index is 0.245. The largest absolute Gasteiger partial charge is 0.491 e. The number of nitrogens with one attached hydrogen (secondary N) is 1. The van der Waals surface area contributed by atoms with Crippen LogP contribution in [0.2, 0.25) is 0 Å². The van der Waals surface area contributed by atoms with Crippen LogP contribution in [0.25, 0.3) is 0 Å². The minimum atomic E-state index is -0.334. The summed E-state index contributed by atoms with van der Waals surface area (Å²) < 4.78 is 5.70. The first-order chi connectivity index (χ1) is 10.2. The highest BCUT2D eigenvalue weighted by Crippen LogP contribution is 2.32. The highest BCUT2D eigenvalue weighted by molar-refractivity contribution is 5.73. The maximum absolute atomic E-state index is 10.8. The van der Waals surface area contributed by atoms with Crippen molar-refractivity contribution in [1.82, 2.24) is 0 Å². The van der Waals surface area contributed by atoms with Gasteiger partial charge in [-0.25, -0.2) is 0 Å². The summed E-state index contributed by atoms with van der Waals surface area (Å²) in [6.07, 6.45) is 6.61. The van der Waals surface area contributed by atoms with Crippen molar-refractivity contribution in [2.24, 2.45) is 11.7 Å². The molecule has 21 heavy (non-hydrogen) atoms. The third kappa shape index (κ3) is 4.66. The Bertz CT molecular complexity index is 462. The van der Waals surface area contributed by atoms with E-state index in [2.05, 4.69) is 12.2 Å². The van der Waals surface area contributed by atoms with E-state index in [-0.39, 0.29) is 12.3 Å². The monoisotopic (exact) mass is 290 g/mol. The number of para-hydroxylation sites is 2. The molecule has 1 saturated carbocycles. The van der Waals surface area contributed by atoms with Gasteiger partial charge in [-0.05, 0) is 30.9 Å². The standard InChI is InChI=1S/C17H26N2O2/c1-2-13-7-3-4-8-14(13)19-15-9-5-6-10-16(15)21-12-11-17(18)20/h5-6,9-10,13-14,19H,2-4,7-8,11-12H2,1H3,(H2,18,20). The molecule has 2 atom stereocenters. The fourth-order valence-electron chi connectivity index (χ4n) is 3.06. The van der Waals surface area contributed by atoms with Crippen LogP contribution in [0.5, 0.6) is 5.75 Å². The van der Waals surface area contributed by atoms with Crippen LogP contribution in [0, 0.1) is 5.92 Å². The lowest BCUT2D eigenvalue weighted by Gasteiger charge is -2.32. The first-order valence-electron chi connectivity index (χ1n) is 7.97. The van der Waals surface area contributed by atoms with Gasteiger partial charge in [-0.2, -0.15) is 0 Å². The summed E-state index contributed by atoms with van der Waals surface area (Å²) in [5.74, 6) is 1.20. The van der Waals surface area contributed by atoms with Gasteiger partial charge in [0.15, 0.2) is 0 Å². The summed E-state index contributed by atoms with van der Waals surface area (Å²) in [5.41, 5.74) is 6.17. The van der Waals surface area contributed by atoms with Gasteiger partial charge in [0.2, 0.25) is 5.91 Å². The molecule has 1 fully saturated rings. The van der Waals surface area contributed by atoms with Gasteiger partial charge in [0.05, 0.1) is 18.7 Å². The zero-order valence-electron chi connectivity index (χ0n) is 12.8. The second kappa shape index (κ2) is 7.91. The van der Waals surface area contributed by atoms with E-state index in [1.807, 2.05) is 24.3 Å². The van der Waals surface area contributed by atoms with Gasteiger partial charge in [-0.1, -0.05) is 38.3 Å². The molecular weight excluding hydrogens is 264 g/mol. The molecule has 2 rings (SSSR count).